The molecule has 0 aromatic heterocycles. The zero-order chi connectivity index (χ0) is 12.7. The molecule has 0 saturated carbocycles. The number of quaternary nitrogens is 1. The number of nitrogens with zero attached hydrogens (tertiary/aromatic N) is 1. The van der Waals surface area contributed by atoms with Crippen molar-refractivity contribution in [3.63, 3.8) is 0 Å². The van der Waals surface area contributed by atoms with Crippen LogP contribution in [0.3, 0.4) is 0 Å². The molecule has 15 heavy (non-hydrogen) atoms. The van der Waals surface area contributed by atoms with Gasteiger partial charge in [0.05, 0.1) is 0 Å². The van der Waals surface area contributed by atoms with Gasteiger partial charge in [0, 0.05) is 0 Å². The fourth-order valence-electron chi connectivity index (χ4n) is 0.747. The Kier molecular flexibility index (Phi) is 3.85. The molecule has 90 valence electrons. The van der Waals surface area contributed by atoms with Crippen molar-refractivity contribution in [2.45, 2.75) is 13.0 Å². The first-order chi connectivity index (χ1) is 6.35. The molecule has 10 nitrogen and oxygen atoms in total. The first-order valence-corrected chi connectivity index (χ1v) is 6.43. The highest BCUT2D eigenvalue weighted by molar-refractivity contribution is 7.58. The SMILES string of the molecule is CC(C(=O)O)[N+]([O-])(P(=O)(O)O)P(=O)(O)O. The predicted molar refractivity (Wildman–Crippen MR) is 44.8 cm³/mol. The van der Waals surface area contributed by atoms with Crippen LogP contribution in [0.15, 0.2) is 0 Å². The molecule has 5 N–H and O–H groups in total. The summed E-state index contributed by atoms with van der Waals surface area (Å²) in [6.07, 6.45) is 0. The molecule has 0 amide bonds. The lowest BCUT2D eigenvalue weighted by Crippen LogP contribution is -2.47. The minimum absolute atomic E-state index is 0.494. The number of carboxylic acid groups (broad SMARTS) is 1. The van der Waals surface area contributed by atoms with E-state index in [0.717, 1.165) is 0 Å². The first-order valence-electron chi connectivity index (χ1n) is 3.30. The Morgan fingerprint density at radius 2 is 1.47 bits per heavy atom. The summed E-state index contributed by atoms with van der Waals surface area (Å²) in [6.45, 7) is 0.494. The van der Waals surface area contributed by atoms with Gasteiger partial charge in [0.15, 0.2) is 6.04 Å². The summed E-state index contributed by atoms with van der Waals surface area (Å²) in [4.78, 5) is 44.4. The Hall–Kier alpha value is -0.310. The molecular weight excluding hydrogens is 256 g/mol. The van der Waals surface area contributed by atoms with E-state index < -0.39 is 31.7 Å². The molecule has 0 heterocycles. The Morgan fingerprint density at radius 3 is 1.53 bits per heavy atom. The van der Waals surface area contributed by atoms with Gasteiger partial charge in [0.1, 0.15) is 0 Å². The molecule has 0 saturated heterocycles. The summed E-state index contributed by atoms with van der Waals surface area (Å²) in [5.41, 5.74) is 0. The Labute approximate surface area is 83.4 Å². The van der Waals surface area contributed by atoms with Gasteiger partial charge in [0.2, 0.25) is 0 Å². The largest absolute Gasteiger partial charge is 0.619 e. The Bertz CT molecular complexity index is 330. The lowest BCUT2D eigenvalue weighted by Gasteiger charge is -2.42. The van der Waals surface area contributed by atoms with Gasteiger partial charge in [-0.2, -0.15) is 4.19 Å². The van der Waals surface area contributed by atoms with Crippen LogP contribution in [0.2, 0.25) is 0 Å². The monoisotopic (exact) mass is 265 g/mol. The Balaban J connectivity index is 5.76. The predicted octanol–water partition coefficient (Wildman–Crippen LogP) is -1.04. The third-order valence-corrected chi connectivity index (χ3v) is 5.19. The van der Waals surface area contributed by atoms with Gasteiger partial charge in [-0.05, 0) is 6.92 Å². The summed E-state index contributed by atoms with van der Waals surface area (Å²) in [5, 5.41) is 19.7. The molecular formula is C3H9NO9P2. The zero-order valence-electron chi connectivity index (χ0n) is 7.29. The number of carbonyl (C=O) groups is 1. The molecule has 0 rings (SSSR count). The van der Waals surface area contributed by atoms with Gasteiger partial charge in [-0.1, -0.05) is 0 Å². The fraction of sp³-hybridized carbons (Fsp3) is 0.667. The maximum atomic E-state index is 11.3. The molecule has 0 aromatic carbocycles. The summed E-state index contributed by atoms with van der Waals surface area (Å²) < 4.78 is 17.9. The molecule has 1 atom stereocenters. The van der Waals surface area contributed by atoms with Crippen LogP contribution in [0, 0.1) is 5.21 Å². The number of aliphatic carboxylic acids is 1. The van der Waals surface area contributed by atoms with Crippen LogP contribution in [0.25, 0.3) is 0 Å². The van der Waals surface area contributed by atoms with Crippen molar-refractivity contribution in [1.29, 1.82) is 0 Å². The highest BCUT2D eigenvalue weighted by atomic mass is 31.3. The Morgan fingerprint density at radius 1 is 1.20 bits per heavy atom. The molecule has 0 spiro atoms. The maximum absolute atomic E-state index is 11.3. The van der Waals surface area contributed by atoms with Gasteiger partial charge in [-0.25, -0.2) is 13.9 Å². The number of carboxylic acids is 1. The van der Waals surface area contributed by atoms with Gasteiger partial charge in [-0.15, -0.1) is 0 Å². The van der Waals surface area contributed by atoms with Crippen molar-refractivity contribution in [1.82, 2.24) is 0 Å². The molecule has 0 aliphatic heterocycles. The van der Waals surface area contributed by atoms with Crippen molar-refractivity contribution in [2.24, 2.45) is 0 Å². The van der Waals surface area contributed by atoms with Crippen LogP contribution in [-0.4, -0.2) is 40.9 Å². The number of rotatable bonds is 4. The topological polar surface area (TPSA) is 175 Å². The van der Waals surface area contributed by atoms with E-state index in [4.69, 9.17) is 24.7 Å². The van der Waals surface area contributed by atoms with Crippen LogP contribution < -0.4 is 0 Å². The number of hydrogen-bond donors (Lipinski definition) is 5. The van der Waals surface area contributed by atoms with Crippen molar-refractivity contribution in [3.8, 4) is 0 Å². The summed E-state index contributed by atoms with van der Waals surface area (Å²) >= 11 is 0. The van der Waals surface area contributed by atoms with Gasteiger partial charge in [-0.3, -0.25) is 19.6 Å². The quantitative estimate of drug-likeness (QED) is 0.313. The van der Waals surface area contributed by atoms with E-state index in [0.29, 0.717) is 6.92 Å². The third kappa shape index (κ3) is 2.44. The minimum atomic E-state index is -5.88. The second-order valence-corrected chi connectivity index (χ2v) is 6.19. The van der Waals surface area contributed by atoms with E-state index in [9.17, 15) is 19.1 Å². The van der Waals surface area contributed by atoms with E-state index in [2.05, 4.69) is 0 Å². The molecule has 0 bridgehead atoms. The fourth-order valence-corrected chi connectivity index (χ4v) is 3.06. The second-order valence-electron chi connectivity index (χ2n) is 2.63. The number of hydroxylamine groups is 1. The van der Waals surface area contributed by atoms with E-state index in [1.165, 1.54) is 0 Å². The highest BCUT2D eigenvalue weighted by Crippen LogP contribution is 2.66. The van der Waals surface area contributed by atoms with Gasteiger partial charge in [0.25, 0.3) is 0 Å². The van der Waals surface area contributed by atoms with E-state index in [-0.39, 0.29) is 0 Å². The minimum Gasteiger partial charge on any atom is -0.619 e. The molecule has 0 fully saturated rings. The van der Waals surface area contributed by atoms with Crippen LogP contribution >= 0.6 is 15.5 Å². The molecule has 0 aliphatic carbocycles. The summed E-state index contributed by atoms with van der Waals surface area (Å²) in [7, 11) is -11.8. The standard InChI is InChI=1S/C3H9NO9P2/c1-2(3(5)6)4(7,14(8,9)10)15(11,12)13/h2H,1H3,(H,5,6)(H2,8,9,10)(H2,11,12,13). The van der Waals surface area contributed by atoms with Crippen LogP contribution in [0.1, 0.15) is 6.92 Å². The normalized spacial score (nSPS) is 16.1. The molecule has 0 radical (unpaired) electrons. The highest BCUT2D eigenvalue weighted by Gasteiger charge is 2.58. The van der Waals surface area contributed by atoms with E-state index >= 15 is 0 Å². The van der Waals surface area contributed by atoms with Gasteiger partial charge < -0.3 is 10.3 Å². The summed E-state index contributed by atoms with van der Waals surface area (Å²) in [5.74, 6) is -2.03. The van der Waals surface area contributed by atoms with Gasteiger partial charge >= 0.3 is 21.5 Å². The van der Waals surface area contributed by atoms with Crippen molar-refractivity contribution < 1.29 is 42.8 Å². The average molecular weight is 265 g/mol. The van der Waals surface area contributed by atoms with Crippen molar-refractivity contribution in [2.75, 3.05) is 0 Å². The first kappa shape index (κ1) is 14.7. The van der Waals surface area contributed by atoms with Crippen molar-refractivity contribution in [3.05, 3.63) is 5.21 Å². The molecule has 1 unspecified atom stereocenters. The lowest BCUT2D eigenvalue weighted by atomic mass is 10.4. The molecule has 0 aliphatic rings. The van der Waals surface area contributed by atoms with E-state index in [1.54, 1.807) is 0 Å². The maximum Gasteiger partial charge on any atom is 0.534 e. The smallest absolute Gasteiger partial charge is 0.534 e. The molecule has 0 aromatic rings. The van der Waals surface area contributed by atoms with Crippen LogP contribution in [-0.2, 0) is 13.9 Å². The lowest BCUT2D eigenvalue weighted by molar-refractivity contribution is -0.675. The number of hydrogen-bond acceptors (Lipinski definition) is 4. The molecule has 12 heteroatoms. The van der Waals surface area contributed by atoms with Crippen molar-refractivity contribution >= 4 is 21.5 Å². The second kappa shape index (κ2) is 3.93. The van der Waals surface area contributed by atoms with Crippen LogP contribution in [0.4, 0.5) is 0 Å². The average Bonchev–Trinajstić information content (AvgIpc) is 1.96. The van der Waals surface area contributed by atoms with Crippen LogP contribution in [0.5, 0.6) is 0 Å². The zero-order valence-corrected chi connectivity index (χ0v) is 9.08. The summed E-state index contributed by atoms with van der Waals surface area (Å²) in [6, 6.07) is -2.49. The van der Waals surface area contributed by atoms with E-state index in [1.807, 2.05) is 0 Å². The third-order valence-electron chi connectivity index (χ3n) is 1.61.